The van der Waals surface area contributed by atoms with Crippen LogP contribution in [0, 0.1) is 6.92 Å². The highest BCUT2D eigenvalue weighted by molar-refractivity contribution is 5.82. The van der Waals surface area contributed by atoms with Gasteiger partial charge >= 0.3 is 6.18 Å². The molecule has 5 heteroatoms. The molecule has 0 fully saturated rings. The molecule has 0 saturated carbocycles. The number of alkyl halides is 3. The minimum atomic E-state index is -4.13. The van der Waals surface area contributed by atoms with Gasteiger partial charge in [-0.3, -0.25) is 0 Å². The number of hydrogen-bond acceptors (Lipinski definition) is 2. The summed E-state index contributed by atoms with van der Waals surface area (Å²) in [5, 5.41) is 3.85. The molecule has 2 aromatic rings. The van der Waals surface area contributed by atoms with Gasteiger partial charge in [0.05, 0.1) is 12.5 Å². The molecule has 2 nitrogen and oxygen atoms in total. The molecule has 0 spiro atoms. The lowest BCUT2D eigenvalue weighted by atomic mass is 10.1. The zero-order valence-corrected chi connectivity index (χ0v) is 10.8. The van der Waals surface area contributed by atoms with Crippen molar-refractivity contribution in [2.24, 2.45) is 0 Å². The molecule has 0 saturated heterocycles. The van der Waals surface area contributed by atoms with Crippen LogP contribution in [0.2, 0.25) is 0 Å². The predicted molar refractivity (Wildman–Crippen MR) is 68.0 cm³/mol. The van der Waals surface area contributed by atoms with Crippen molar-refractivity contribution >= 4 is 11.0 Å². The molecule has 1 aromatic carbocycles. The van der Waals surface area contributed by atoms with Crippen molar-refractivity contribution in [3.05, 3.63) is 35.6 Å². The Morgan fingerprint density at radius 3 is 2.58 bits per heavy atom. The summed E-state index contributed by atoms with van der Waals surface area (Å²) in [6.07, 6.45) is -4.97. The van der Waals surface area contributed by atoms with Gasteiger partial charge in [-0.25, -0.2) is 0 Å². The number of hydrogen-bond donors (Lipinski definition) is 1. The molecule has 0 aliphatic heterocycles. The largest absolute Gasteiger partial charge is 0.459 e. The summed E-state index contributed by atoms with van der Waals surface area (Å²) in [7, 11) is 0. The smallest absolute Gasteiger partial charge is 0.390 e. The number of rotatable bonds is 4. The third kappa shape index (κ3) is 3.29. The Balaban J connectivity index is 2.09. The molecular weight excluding hydrogens is 255 g/mol. The van der Waals surface area contributed by atoms with Crippen molar-refractivity contribution in [3.63, 3.8) is 0 Å². The first-order chi connectivity index (χ1) is 8.88. The standard InChI is InChI=1S/C14H16F3NO/c1-9-11-5-3-4-6-12(11)19-13(9)10(2)18-8-7-14(15,16)17/h3-6,10,18H,7-8H2,1-2H3. The van der Waals surface area contributed by atoms with Crippen LogP contribution in [0.5, 0.6) is 0 Å². The third-order valence-electron chi connectivity index (χ3n) is 3.13. The van der Waals surface area contributed by atoms with E-state index in [9.17, 15) is 13.2 Å². The van der Waals surface area contributed by atoms with E-state index in [0.717, 1.165) is 16.5 Å². The van der Waals surface area contributed by atoms with Crippen molar-refractivity contribution in [2.45, 2.75) is 32.5 Å². The van der Waals surface area contributed by atoms with Gasteiger partial charge in [0.15, 0.2) is 0 Å². The van der Waals surface area contributed by atoms with E-state index in [1.165, 1.54) is 0 Å². The number of aryl methyl sites for hydroxylation is 1. The van der Waals surface area contributed by atoms with Crippen molar-refractivity contribution < 1.29 is 17.6 Å². The maximum Gasteiger partial charge on any atom is 0.390 e. The fourth-order valence-corrected chi connectivity index (χ4v) is 2.13. The molecule has 0 radical (unpaired) electrons. The lowest BCUT2D eigenvalue weighted by Crippen LogP contribution is -2.24. The van der Waals surface area contributed by atoms with Gasteiger partial charge in [-0.15, -0.1) is 0 Å². The van der Waals surface area contributed by atoms with Gasteiger partial charge in [0.1, 0.15) is 11.3 Å². The molecule has 104 valence electrons. The molecule has 1 aromatic heterocycles. The van der Waals surface area contributed by atoms with E-state index in [2.05, 4.69) is 5.32 Å². The van der Waals surface area contributed by atoms with E-state index >= 15 is 0 Å². The van der Waals surface area contributed by atoms with E-state index in [-0.39, 0.29) is 12.6 Å². The zero-order chi connectivity index (χ0) is 14.0. The Morgan fingerprint density at radius 2 is 1.95 bits per heavy atom. The highest BCUT2D eigenvalue weighted by Gasteiger charge is 2.27. The second-order valence-corrected chi connectivity index (χ2v) is 4.63. The van der Waals surface area contributed by atoms with Crippen LogP contribution in [0.3, 0.4) is 0 Å². The van der Waals surface area contributed by atoms with Gasteiger partial charge in [0.25, 0.3) is 0 Å². The fraction of sp³-hybridized carbons (Fsp3) is 0.429. The van der Waals surface area contributed by atoms with Crippen LogP contribution in [0.15, 0.2) is 28.7 Å². The summed E-state index contributed by atoms with van der Waals surface area (Å²) >= 11 is 0. The molecule has 1 unspecified atom stereocenters. The van der Waals surface area contributed by atoms with Crippen LogP contribution >= 0.6 is 0 Å². The molecule has 1 N–H and O–H groups in total. The average molecular weight is 271 g/mol. The molecule has 19 heavy (non-hydrogen) atoms. The normalized spacial score (nSPS) is 13.9. The number of halogens is 3. The van der Waals surface area contributed by atoms with Crippen molar-refractivity contribution in [2.75, 3.05) is 6.54 Å². The van der Waals surface area contributed by atoms with Crippen LogP contribution in [-0.4, -0.2) is 12.7 Å². The number of benzene rings is 1. The van der Waals surface area contributed by atoms with E-state index in [4.69, 9.17) is 4.42 Å². The molecule has 0 aliphatic rings. The second-order valence-electron chi connectivity index (χ2n) is 4.63. The Bertz CT molecular complexity index is 559. The van der Waals surface area contributed by atoms with Crippen LogP contribution in [0.4, 0.5) is 13.2 Å². The third-order valence-corrected chi connectivity index (χ3v) is 3.13. The van der Waals surface area contributed by atoms with E-state index < -0.39 is 12.6 Å². The topological polar surface area (TPSA) is 25.2 Å². The van der Waals surface area contributed by atoms with Crippen molar-refractivity contribution in [1.82, 2.24) is 5.32 Å². The number of para-hydroxylation sites is 1. The van der Waals surface area contributed by atoms with Gasteiger partial charge in [-0.05, 0) is 25.5 Å². The summed E-state index contributed by atoms with van der Waals surface area (Å²) in [6.45, 7) is 3.62. The van der Waals surface area contributed by atoms with Crippen LogP contribution in [0.25, 0.3) is 11.0 Å². The second kappa shape index (κ2) is 5.25. The minimum Gasteiger partial charge on any atom is -0.459 e. The van der Waals surface area contributed by atoms with Gasteiger partial charge < -0.3 is 9.73 Å². The first-order valence-electron chi connectivity index (χ1n) is 6.16. The molecule has 1 atom stereocenters. The molecule has 0 aliphatic carbocycles. The number of fused-ring (bicyclic) bond motifs is 1. The summed E-state index contributed by atoms with van der Waals surface area (Å²) in [5.41, 5.74) is 1.74. The monoisotopic (exact) mass is 271 g/mol. The van der Waals surface area contributed by atoms with Crippen molar-refractivity contribution in [1.29, 1.82) is 0 Å². The molecule has 2 rings (SSSR count). The van der Waals surface area contributed by atoms with E-state index in [0.29, 0.717) is 5.76 Å². The quantitative estimate of drug-likeness (QED) is 0.894. The molecule has 0 amide bonds. The maximum atomic E-state index is 12.1. The minimum absolute atomic E-state index is 0.110. The molecular formula is C14H16F3NO. The highest BCUT2D eigenvalue weighted by Crippen LogP contribution is 2.29. The lowest BCUT2D eigenvalue weighted by Gasteiger charge is -2.13. The summed E-state index contributed by atoms with van der Waals surface area (Å²) in [4.78, 5) is 0. The Labute approximate surface area is 109 Å². The van der Waals surface area contributed by atoms with Crippen LogP contribution in [0.1, 0.15) is 30.7 Å². The zero-order valence-electron chi connectivity index (χ0n) is 10.8. The Hall–Kier alpha value is -1.49. The van der Waals surface area contributed by atoms with Crippen LogP contribution in [-0.2, 0) is 0 Å². The van der Waals surface area contributed by atoms with Crippen LogP contribution < -0.4 is 5.32 Å². The first kappa shape index (κ1) is 13.9. The van der Waals surface area contributed by atoms with Gasteiger partial charge in [-0.2, -0.15) is 13.2 Å². The predicted octanol–water partition coefficient (Wildman–Crippen LogP) is 4.34. The Kier molecular flexibility index (Phi) is 3.85. The SMILES string of the molecule is Cc1c(C(C)NCCC(F)(F)F)oc2ccccc12. The van der Waals surface area contributed by atoms with E-state index in [1.807, 2.05) is 31.2 Å². The number of nitrogens with one attached hydrogen (secondary N) is 1. The summed E-state index contributed by atoms with van der Waals surface area (Å²) < 4.78 is 42.0. The molecule has 1 heterocycles. The highest BCUT2D eigenvalue weighted by atomic mass is 19.4. The fourth-order valence-electron chi connectivity index (χ4n) is 2.13. The average Bonchev–Trinajstić information content (AvgIpc) is 2.66. The summed E-state index contributed by atoms with van der Waals surface area (Å²) in [6, 6.07) is 7.34. The van der Waals surface area contributed by atoms with Gasteiger partial charge in [0, 0.05) is 11.9 Å². The van der Waals surface area contributed by atoms with Gasteiger partial charge in [0.2, 0.25) is 0 Å². The van der Waals surface area contributed by atoms with Gasteiger partial charge in [-0.1, -0.05) is 18.2 Å². The first-order valence-corrected chi connectivity index (χ1v) is 6.16. The Morgan fingerprint density at radius 1 is 1.26 bits per heavy atom. The van der Waals surface area contributed by atoms with Crippen molar-refractivity contribution in [3.8, 4) is 0 Å². The maximum absolute atomic E-state index is 12.1. The number of furan rings is 1. The van der Waals surface area contributed by atoms with E-state index in [1.54, 1.807) is 6.92 Å². The lowest BCUT2D eigenvalue weighted by molar-refractivity contribution is -0.133. The summed E-state index contributed by atoms with van der Waals surface area (Å²) in [5.74, 6) is 0.698. The molecule has 0 bridgehead atoms.